The number of carbonyl (C=O) groups excluding carboxylic acids is 2. The van der Waals surface area contributed by atoms with E-state index in [1.807, 2.05) is 0 Å². The Hall–Kier alpha value is -0.860. The molecule has 1 unspecified atom stereocenters. The van der Waals surface area contributed by atoms with Crippen molar-refractivity contribution in [3.8, 4) is 0 Å². The normalized spacial score (nSPS) is 28.6. The molecule has 2 aliphatic carbocycles. The minimum Gasteiger partial charge on any atom is -0.346 e. The number of nitrogens with one attached hydrogen (secondary N) is 1. The molecule has 2 saturated carbocycles. The first-order chi connectivity index (χ1) is 6.27. The second kappa shape index (κ2) is 3.48. The van der Waals surface area contributed by atoms with Gasteiger partial charge in [0.2, 0.25) is 5.91 Å². The van der Waals surface area contributed by atoms with Gasteiger partial charge in [0.15, 0.2) is 5.78 Å². The Morgan fingerprint density at radius 2 is 2.00 bits per heavy atom. The maximum atomic E-state index is 11.5. The number of carbonyl (C=O) groups is 2. The monoisotopic (exact) mass is 181 g/mol. The number of ketones is 1. The summed E-state index contributed by atoms with van der Waals surface area (Å²) in [5.41, 5.74) is 0. The average molecular weight is 181 g/mol. The Labute approximate surface area is 77.9 Å². The van der Waals surface area contributed by atoms with Crippen molar-refractivity contribution in [2.75, 3.05) is 0 Å². The Bertz CT molecular complexity index is 233. The molecule has 1 N–H and O–H groups in total. The lowest BCUT2D eigenvalue weighted by atomic mass is 9.84. The van der Waals surface area contributed by atoms with E-state index in [0.717, 1.165) is 32.1 Å². The summed E-state index contributed by atoms with van der Waals surface area (Å²) in [5.74, 6) is 0.521. The van der Waals surface area contributed by atoms with Gasteiger partial charge in [-0.3, -0.25) is 9.59 Å². The van der Waals surface area contributed by atoms with Crippen LogP contribution in [-0.2, 0) is 9.59 Å². The second-order valence-corrected chi connectivity index (χ2v) is 4.05. The molecule has 0 bridgehead atoms. The summed E-state index contributed by atoms with van der Waals surface area (Å²) in [6, 6.07) is -0.159. The van der Waals surface area contributed by atoms with Gasteiger partial charge < -0.3 is 5.32 Å². The highest BCUT2D eigenvalue weighted by molar-refractivity contribution is 5.91. The van der Waals surface area contributed by atoms with Crippen LogP contribution in [-0.4, -0.2) is 17.7 Å². The summed E-state index contributed by atoms with van der Waals surface area (Å²) in [7, 11) is 0. The Balaban J connectivity index is 1.82. The first kappa shape index (κ1) is 8.73. The molecular formula is C10H15NO2. The molecule has 3 nitrogen and oxygen atoms in total. The molecule has 0 saturated heterocycles. The van der Waals surface area contributed by atoms with Crippen molar-refractivity contribution in [1.82, 2.24) is 5.32 Å². The number of Topliss-reactive ketones (excluding diaryl/α,β-unsaturated/α-hetero) is 1. The van der Waals surface area contributed by atoms with Crippen molar-refractivity contribution < 1.29 is 9.59 Å². The van der Waals surface area contributed by atoms with Crippen molar-refractivity contribution in [2.45, 2.75) is 44.6 Å². The Morgan fingerprint density at radius 1 is 1.23 bits per heavy atom. The molecule has 0 aromatic rings. The zero-order valence-corrected chi connectivity index (χ0v) is 7.71. The number of hydrogen-bond acceptors (Lipinski definition) is 2. The average Bonchev–Trinajstić information content (AvgIpc) is 2.32. The molecule has 1 amide bonds. The van der Waals surface area contributed by atoms with E-state index in [-0.39, 0.29) is 23.7 Å². The Morgan fingerprint density at radius 3 is 2.46 bits per heavy atom. The predicted octanol–water partition coefficient (Wildman–Crippen LogP) is 1.02. The maximum Gasteiger partial charge on any atom is 0.223 e. The van der Waals surface area contributed by atoms with Gasteiger partial charge in [0.25, 0.3) is 0 Å². The van der Waals surface area contributed by atoms with Gasteiger partial charge in [-0.2, -0.15) is 0 Å². The highest BCUT2D eigenvalue weighted by Crippen LogP contribution is 2.27. The van der Waals surface area contributed by atoms with Crippen LogP contribution in [0.3, 0.4) is 0 Å². The van der Waals surface area contributed by atoms with Gasteiger partial charge in [-0.05, 0) is 25.7 Å². The summed E-state index contributed by atoms with van der Waals surface area (Å²) in [4.78, 5) is 22.7. The van der Waals surface area contributed by atoms with Crippen molar-refractivity contribution >= 4 is 11.7 Å². The summed E-state index contributed by atoms with van der Waals surface area (Å²) < 4.78 is 0. The quantitative estimate of drug-likeness (QED) is 0.691. The van der Waals surface area contributed by atoms with Crippen molar-refractivity contribution in [2.24, 2.45) is 5.92 Å². The third-order valence-electron chi connectivity index (χ3n) is 3.10. The van der Waals surface area contributed by atoms with Crippen LogP contribution in [0.15, 0.2) is 0 Å². The molecule has 0 spiro atoms. The van der Waals surface area contributed by atoms with Crippen molar-refractivity contribution in [3.05, 3.63) is 0 Å². The first-order valence-corrected chi connectivity index (χ1v) is 5.10. The SMILES string of the molecule is O=C(NC1CCCC1=O)C1CCC1. The van der Waals surface area contributed by atoms with Gasteiger partial charge in [-0.15, -0.1) is 0 Å². The fraction of sp³-hybridized carbons (Fsp3) is 0.800. The van der Waals surface area contributed by atoms with Gasteiger partial charge >= 0.3 is 0 Å². The van der Waals surface area contributed by atoms with Gasteiger partial charge in [0, 0.05) is 12.3 Å². The van der Waals surface area contributed by atoms with E-state index < -0.39 is 0 Å². The Kier molecular flexibility index (Phi) is 2.34. The highest BCUT2D eigenvalue weighted by atomic mass is 16.2. The lowest BCUT2D eigenvalue weighted by molar-refractivity contribution is -0.131. The third kappa shape index (κ3) is 1.74. The zero-order valence-electron chi connectivity index (χ0n) is 7.71. The first-order valence-electron chi connectivity index (χ1n) is 5.10. The zero-order chi connectivity index (χ0) is 9.26. The van der Waals surface area contributed by atoms with E-state index in [4.69, 9.17) is 0 Å². The molecule has 72 valence electrons. The number of amides is 1. The lowest BCUT2D eigenvalue weighted by Crippen LogP contribution is -2.42. The summed E-state index contributed by atoms with van der Waals surface area (Å²) in [6.07, 6.45) is 5.61. The van der Waals surface area contributed by atoms with Crippen molar-refractivity contribution in [3.63, 3.8) is 0 Å². The van der Waals surface area contributed by atoms with Crippen LogP contribution in [0.5, 0.6) is 0 Å². The van der Waals surface area contributed by atoms with E-state index >= 15 is 0 Å². The minimum absolute atomic E-state index is 0.103. The van der Waals surface area contributed by atoms with Crippen LogP contribution in [0.1, 0.15) is 38.5 Å². The van der Waals surface area contributed by atoms with Gasteiger partial charge in [-0.1, -0.05) is 6.42 Å². The van der Waals surface area contributed by atoms with Crippen molar-refractivity contribution in [1.29, 1.82) is 0 Å². The number of hydrogen-bond donors (Lipinski definition) is 1. The summed E-state index contributed by atoms with van der Waals surface area (Å²) >= 11 is 0. The highest BCUT2D eigenvalue weighted by Gasteiger charge is 2.30. The van der Waals surface area contributed by atoms with Crippen LogP contribution < -0.4 is 5.32 Å². The van der Waals surface area contributed by atoms with Crippen LogP contribution in [0.25, 0.3) is 0 Å². The molecule has 2 aliphatic rings. The standard InChI is InChI=1S/C10H15NO2/c12-9-6-2-5-8(9)11-10(13)7-3-1-4-7/h7-8H,1-6H2,(H,11,13). The van der Waals surface area contributed by atoms with Crippen LogP contribution in [0.2, 0.25) is 0 Å². The van der Waals surface area contributed by atoms with Crippen LogP contribution in [0.4, 0.5) is 0 Å². The van der Waals surface area contributed by atoms with Crippen LogP contribution >= 0.6 is 0 Å². The molecule has 0 heterocycles. The molecule has 0 aromatic carbocycles. The van der Waals surface area contributed by atoms with Gasteiger partial charge in [-0.25, -0.2) is 0 Å². The molecule has 0 radical (unpaired) electrons. The van der Waals surface area contributed by atoms with E-state index in [9.17, 15) is 9.59 Å². The molecule has 1 atom stereocenters. The second-order valence-electron chi connectivity index (χ2n) is 4.05. The van der Waals surface area contributed by atoms with E-state index in [1.54, 1.807) is 0 Å². The molecule has 0 aromatic heterocycles. The summed E-state index contributed by atoms with van der Waals surface area (Å²) in [6.45, 7) is 0. The predicted molar refractivity (Wildman–Crippen MR) is 48.1 cm³/mol. The molecular weight excluding hydrogens is 166 g/mol. The van der Waals surface area contributed by atoms with Gasteiger partial charge in [0.05, 0.1) is 6.04 Å². The topological polar surface area (TPSA) is 46.2 Å². The maximum absolute atomic E-state index is 11.5. The fourth-order valence-electron chi connectivity index (χ4n) is 1.93. The molecule has 13 heavy (non-hydrogen) atoms. The molecule has 2 rings (SSSR count). The van der Waals surface area contributed by atoms with E-state index in [0.29, 0.717) is 6.42 Å². The summed E-state index contributed by atoms with van der Waals surface area (Å²) in [5, 5.41) is 2.84. The van der Waals surface area contributed by atoms with Crippen LogP contribution in [0, 0.1) is 5.92 Å². The largest absolute Gasteiger partial charge is 0.346 e. The molecule has 3 heteroatoms. The minimum atomic E-state index is -0.159. The molecule has 0 aliphatic heterocycles. The smallest absolute Gasteiger partial charge is 0.223 e. The van der Waals surface area contributed by atoms with Gasteiger partial charge in [0.1, 0.15) is 0 Å². The molecule has 2 fully saturated rings. The van der Waals surface area contributed by atoms with E-state index in [2.05, 4.69) is 5.32 Å². The van der Waals surface area contributed by atoms with E-state index in [1.165, 1.54) is 0 Å². The lowest BCUT2D eigenvalue weighted by Gasteiger charge is -2.25. The number of rotatable bonds is 2. The third-order valence-corrected chi connectivity index (χ3v) is 3.10. The fourth-order valence-corrected chi connectivity index (χ4v) is 1.93.